The highest BCUT2D eigenvalue weighted by molar-refractivity contribution is 7.08. The van der Waals surface area contributed by atoms with Crippen LogP contribution < -0.4 is 10.2 Å². The number of carbonyl (C=O) groups excluding carboxylic acids is 1. The molecule has 2 unspecified atom stereocenters. The summed E-state index contributed by atoms with van der Waals surface area (Å²) in [7, 11) is 0. The highest BCUT2D eigenvalue weighted by Crippen LogP contribution is 2.35. The zero-order valence-electron chi connectivity index (χ0n) is 12.2. The molecule has 2 aromatic rings. The monoisotopic (exact) mass is 318 g/mol. The maximum Gasteiger partial charge on any atom is 0.246 e. The minimum Gasteiger partial charge on any atom is -0.356 e. The quantitative estimate of drug-likeness (QED) is 0.917. The summed E-state index contributed by atoms with van der Waals surface area (Å²) < 4.78 is 1.86. The first kappa shape index (κ1) is 13.7. The molecule has 4 rings (SSSR count). The second-order valence-corrected chi connectivity index (χ2v) is 6.72. The topological polar surface area (TPSA) is 75.9 Å². The number of hydrogen-bond donors (Lipinski definition) is 1. The Morgan fingerprint density at radius 3 is 3.18 bits per heavy atom. The largest absolute Gasteiger partial charge is 0.356 e. The van der Waals surface area contributed by atoms with E-state index in [-0.39, 0.29) is 11.8 Å². The van der Waals surface area contributed by atoms with Crippen LogP contribution in [0.3, 0.4) is 0 Å². The maximum atomic E-state index is 11.3. The van der Waals surface area contributed by atoms with Gasteiger partial charge in [-0.2, -0.15) is 11.3 Å². The van der Waals surface area contributed by atoms with Crippen LogP contribution in [0, 0.1) is 5.92 Å². The number of thiophene rings is 1. The van der Waals surface area contributed by atoms with Gasteiger partial charge in [0.15, 0.2) is 0 Å². The summed E-state index contributed by atoms with van der Waals surface area (Å²) in [5.74, 6) is 1.22. The second-order valence-electron chi connectivity index (χ2n) is 5.94. The Morgan fingerprint density at radius 1 is 1.45 bits per heavy atom. The number of rotatable bonds is 4. The molecule has 1 amide bonds. The molecular formula is C14H18N6OS. The van der Waals surface area contributed by atoms with E-state index < -0.39 is 0 Å². The van der Waals surface area contributed by atoms with E-state index in [1.165, 1.54) is 5.56 Å². The van der Waals surface area contributed by atoms with Crippen molar-refractivity contribution in [3.8, 4) is 0 Å². The average Bonchev–Trinajstić information content (AvgIpc) is 3.25. The Kier molecular flexibility index (Phi) is 3.53. The van der Waals surface area contributed by atoms with Crippen LogP contribution in [-0.4, -0.2) is 39.2 Å². The number of amides is 1. The van der Waals surface area contributed by atoms with E-state index in [1.807, 2.05) is 4.68 Å². The lowest BCUT2D eigenvalue weighted by atomic mass is 10.1. The van der Waals surface area contributed by atoms with Gasteiger partial charge in [-0.3, -0.25) is 4.79 Å². The Hall–Kier alpha value is -1.96. The smallest absolute Gasteiger partial charge is 0.246 e. The Bertz CT molecular complexity index is 654. The third kappa shape index (κ3) is 2.47. The van der Waals surface area contributed by atoms with Gasteiger partial charge < -0.3 is 10.2 Å². The van der Waals surface area contributed by atoms with Gasteiger partial charge in [-0.25, -0.2) is 4.68 Å². The van der Waals surface area contributed by atoms with E-state index in [9.17, 15) is 4.79 Å². The molecule has 2 aliphatic heterocycles. The van der Waals surface area contributed by atoms with Gasteiger partial charge in [-0.05, 0) is 45.7 Å². The van der Waals surface area contributed by atoms with Crippen molar-refractivity contribution in [1.82, 2.24) is 25.5 Å². The maximum absolute atomic E-state index is 11.3. The summed E-state index contributed by atoms with van der Waals surface area (Å²) in [4.78, 5) is 13.6. The van der Waals surface area contributed by atoms with E-state index in [4.69, 9.17) is 0 Å². The van der Waals surface area contributed by atoms with Gasteiger partial charge in [0.1, 0.15) is 0 Å². The third-order valence-corrected chi connectivity index (χ3v) is 5.15. The predicted octanol–water partition coefficient (Wildman–Crippen LogP) is 1.21. The van der Waals surface area contributed by atoms with E-state index in [2.05, 4.69) is 42.6 Å². The lowest BCUT2D eigenvalue weighted by Gasteiger charge is -2.25. The number of tetrazole rings is 1. The first-order valence-corrected chi connectivity index (χ1v) is 8.57. The molecule has 1 N–H and O–H groups in total. The van der Waals surface area contributed by atoms with Gasteiger partial charge in [0, 0.05) is 25.4 Å². The molecule has 0 aliphatic carbocycles. The lowest BCUT2D eigenvalue weighted by molar-refractivity contribution is -0.119. The van der Waals surface area contributed by atoms with Crippen molar-refractivity contribution in [2.45, 2.75) is 31.8 Å². The van der Waals surface area contributed by atoms with Crippen molar-refractivity contribution in [2.75, 3.05) is 18.0 Å². The molecule has 2 atom stereocenters. The van der Waals surface area contributed by atoms with Gasteiger partial charge >= 0.3 is 0 Å². The minimum atomic E-state index is 0.122. The van der Waals surface area contributed by atoms with Crippen LogP contribution in [0.1, 0.15) is 30.9 Å². The average molecular weight is 318 g/mol. The van der Waals surface area contributed by atoms with Crippen LogP contribution in [0.4, 0.5) is 5.95 Å². The first-order chi connectivity index (χ1) is 10.8. The molecule has 8 heteroatoms. The predicted molar refractivity (Wildman–Crippen MR) is 82.6 cm³/mol. The molecule has 0 saturated carbocycles. The summed E-state index contributed by atoms with van der Waals surface area (Å²) in [5, 5.41) is 19.4. The second kappa shape index (κ2) is 5.68. The lowest BCUT2D eigenvalue weighted by Crippen LogP contribution is -2.27. The first-order valence-electron chi connectivity index (χ1n) is 7.63. The summed E-state index contributed by atoms with van der Waals surface area (Å²) in [5.41, 5.74) is 1.34. The normalized spacial score (nSPS) is 24.9. The highest BCUT2D eigenvalue weighted by Gasteiger charge is 2.31. The van der Waals surface area contributed by atoms with Crippen molar-refractivity contribution in [3.63, 3.8) is 0 Å². The molecule has 2 saturated heterocycles. The van der Waals surface area contributed by atoms with Gasteiger partial charge in [0.25, 0.3) is 0 Å². The van der Waals surface area contributed by atoms with E-state index in [0.717, 1.165) is 25.3 Å². The van der Waals surface area contributed by atoms with Gasteiger partial charge in [-0.15, -0.1) is 0 Å². The van der Waals surface area contributed by atoms with E-state index in [0.29, 0.717) is 25.6 Å². The van der Waals surface area contributed by atoms with Gasteiger partial charge in [0.2, 0.25) is 11.9 Å². The fourth-order valence-electron chi connectivity index (χ4n) is 3.38. The Balaban J connectivity index is 1.55. The van der Waals surface area contributed by atoms with Crippen molar-refractivity contribution >= 4 is 23.2 Å². The molecular weight excluding hydrogens is 300 g/mol. The van der Waals surface area contributed by atoms with Crippen molar-refractivity contribution in [1.29, 1.82) is 0 Å². The molecule has 4 heterocycles. The molecule has 0 spiro atoms. The standard InChI is InChI=1S/C14H18N6OS/c21-13-6-10(7-15-13)8-20-14(16-17-18-20)19-4-1-2-12(19)11-3-5-22-9-11/h3,5,9-10,12H,1-2,4,6-8H2,(H,15,21). The Labute approximate surface area is 132 Å². The highest BCUT2D eigenvalue weighted by atomic mass is 32.1. The zero-order valence-corrected chi connectivity index (χ0v) is 13.0. The van der Waals surface area contributed by atoms with Crippen LogP contribution in [-0.2, 0) is 11.3 Å². The van der Waals surface area contributed by atoms with Crippen LogP contribution in [0.5, 0.6) is 0 Å². The van der Waals surface area contributed by atoms with Crippen LogP contribution in [0.25, 0.3) is 0 Å². The van der Waals surface area contributed by atoms with E-state index >= 15 is 0 Å². The number of aromatic nitrogens is 4. The summed E-state index contributed by atoms with van der Waals surface area (Å²) in [6.45, 7) is 2.38. The third-order valence-electron chi connectivity index (χ3n) is 4.44. The van der Waals surface area contributed by atoms with Crippen molar-refractivity contribution in [2.24, 2.45) is 5.92 Å². The van der Waals surface area contributed by atoms with Gasteiger partial charge in [0.05, 0.1) is 12.6 Å². The number of nitrogens with one attached hydrogen (secondary N) is 1. The Morgan fingerprint density at radius 2 is 2.41 bits per heavy atom. The minimum absolute atomic E-state index is 0.122. The van der Waals surface area contributed by atoms with Crippen LogP contribution in [0.15, 0.2) is 16.8 Å². The fraction of sp³-hybridized carbons (Fsp3) is 0.571. The molecule has 2 fully saturated rings. The zero-order chi connectivity index (χ0) is 14.9. The molecule has 2 aliphatic rings. The number of carbonyl (C=O) groups is 1. The summed E-state index contributed by atoms with van der Waals surface area (Å²) in [6, 6.07) is 2.54. The molecule has 0 radical (unpaired) electrons. The molecule has 2 aromatic heterocycles. The fourth-order valence-corrected chi connectivity index (χ4v) is 4.09. The SMILES string of the molecule is O=C1CC(Cn2nnnc2N2CCCC2c2ccsc2)CN1. The molecule has 22 heavy (non-hydrogen) atoms. The van der Waals surface area contributed by atoms with Gasteiger partial charge in [-0.1, -0.05) is 5.10 Å². The number of anilines is 1. The number of hydrogen-bond acceptors (Lipinski definition) is 6. The van der Waals surface area contributed by atoms with Crippen molar-refractivity contribution in [3.05, 3.63) is 22.4 Å². The molecule has 0 aromatic carbocycles. The summed E-state index contributed by atoms with van der Waals surface area (Å²) >= 11 is 1.73. The van der Waals surface area contributed by atoms with Crippen LogP contribution >= 0.6 is 11.3 Å². The molecule has 116 valence electrons. The summed E-state index contributed by atoms with van der Waals surface area (Å²) in [6.07, 6.45) is 2.84. The molecule has 7 nitrogen and oxygen atoms in total. The molecule has 0 bridgehead atoms. The van der Waals surface area contributed by atoms with E-state index in [1.54, 1.807) is 11.3 Å². The van der Waals surface area contributed by atoms with Crippen LogP contribution in [0.2, 0.25) is 0 Å². The number of nitrogens with zero attached hydrogens (tertiary/aromatic N) is 5. The van der Waals surface area contributed by atoms with Crippen molar-refractivity contribution < 1.29 is 4.79 Å².